The number of hydrogen-bond acceptors (Lipinski definition) is 4. The maximum atomic E-state index is 13.2. The lowest BCUT2D eigenvalue weighted by molar-refractivity contribution is -0.139. The summed E-state index contributed by atoms with van der Waals surface area (Å²) in [7, 11) is 0. The first-order valence-electron chi connectivity index (χ1n) is 9.15. The molecule has 0 aliphatic carbocycles. The third-order valence-electron chi connectivity index (χ3n) is 5.00. The minimum Gasteiger partial charge on any atom is -0.339 e. The van der Waals surface area contributed by atoms with Crippen LogP contribution in [-0.4, -0.2) is 27.5 Å². The van der Waals surface area contributed by atoms with E-state index >= 15 is 0 Å². The van der Waals surface area contributed by atoms with Crippen LogP contribution in [0.2, 0.25) is 0 Å². The maximum absolute atomic E-state index is 13.2. The van der Waals surface area contributed by atoms with Crippen molar-refractivity contribution in [1.29, 1.82) is 0 Å². The smallest absolute Gasteiger partial charge is 0.339 e. The van der Waals surface area contributed by atoms with Crippen LogP contribution in [0.25, 0.3) is 11.4 Å². The van der Waals surface area contributed by atoms with E-state index in [0.29, 0.717) is 11.7 Å². The molecule has 29 heavy (non-hydrogen) atoms. The first kappa shape index (κ1) is 19.2. The van der Waals surface area contributed by atoms with Gasteiger partial charge in [0, 0.05) is 25.1 Å². The first-order chi connectivity index (χ1) is 13.8. The number of hydrogen-bond donors (Lipinski definition) is 0. The van der Waals surface area contributed by atoms with Gasteiger partial charge in [-0.15, -0.1) is 0 Å². The molecule has 1 aliphatic rings. The van der Waals surface area contributed by atoms with Crippen LogP contribution in [0, 0.1) is 6.92 Å². The summed E-state index contributed by atoms with van der Waals surface area (Å²) in [5, 5.41) is 3.98. The highest BCUT2D eigenvalue weighted by molar-refractivity contribution is 5.79. The molecule has 2 aromatic carbocycles. The molecule has 0 N–H and O–H groups in total. The minimum absolute atomic E-state index is 0.0693. The van der Waals surface area contributed by atoms with E-state index in [4.69, 9.17) is 4.52 Å². The third kappa shape index (κ3) is 4.01. The number of nitrogens with zero attached hydrogens (tertiary/aromatic N) is 3. The molecule has 0 bridgehead atoms. The predicted molar refractivity (Wildman–Crippen MR) is 98.7 cm³/mol. The van der Waals surface area contributed by atoms with Crippen molar-refractivity contribution in [2.24, 2.45) is 0 Å². The van der Waals surface area contributed by atoms with Crippen molar-refractivity contribution in [1.82, 2.24) is 15.0 Å². The van der Waals surface area contributed by atoms with Gasteiger partial charge in [0.1, 0.15) is 0 Å². The minimum atomic E-state index is -4.46. The van der Waals surface area contributed by atoms with E-state index in [1.165, 1.54) is 23.1 Å². The van der Waals surface area contributed by atoms with Crippen LogP contribution in [-0.2, 0) is 17.5 Å². The highest BCUT2D eigenvalue weighted by atomic mass is 19.4. The summed E-state index contributed by atoms with van der Waals surface area (Å²) in [4.78, 5) is 18.2. The molecule has 1 aromatic heterocycles. The monoisotopic (exact) mass is 401 g/mol. The first-order valence-corrected chi connectivity index (χ1v) is 9.15. The molecule has 1 saturated heterocycles. The molecule has 2 heterocycles. The van der Waals surface area contributed by atoms with E-state index in [2.05, 4.69) is 10.1 Å². The largest absolute Gasteiger partial charge is 0.416 e. The summed E-state index contributed by atoms with van der Waals surface area (Å²) in [6, 6.07) is 12.9. The number of benzene rings is 2. The number of carbonyl (C=O) groups is 1. The standard InChI is InChI=1S/C21H18F3N3O2/c1-13-6-8-14(9-7-13)19-25-20(29-26-19)16-10-18(28)27(12-16)11-15-4-2-3-5-17(15)21(22,23)24/h2-9,16H,10-12H2,1H3. The normalized spacial score (nSPS) is 17.2. The lowest BCUT2D eigenvalue weighted by Crippen LogP contribution is -2.26. The summed E-state index contributed by atoms with van der Waals surface area (Å²) < 4.78 is 45.0. The van der Waals surface area contributed by atoms with Crippen LogP contribution in [0.3, 0.4) is 0 Å². The van der Waals surface area contributed by atoms with Gasteiger partial charge in [0.25, 0.3) is 0 Å². The van der Waals surface area contributed by atoms with Crippen molar-refractivity contribution in [3.8, 4) is 11.4 Å². The van der Waals surface area contributed by atoms with Gasteiger partial charge in [0.2, 0.25) is 17.6 Å². The molecule has 0 radical (unpaired) electrons. The average Bonchev–Trinajstić information content (AvgIpc) is 3.29. The number of aryl methyl sites for hydroxylation is 1. The summed E-state index contributed by atoms with van der Waals surface area (Å²) >= 11 is 0. The average molecular weight is 401 g/mol. The summed E-state index contributed by atoms with van der Waals surface area (Å²) in [5.74, 6) is 0.170. The zero-order chi connectivity index (χ0) is 20.6. The van der Waals surface area contributed by atoms with Gasteiger partial charge < -0.3 is 9.42 Å². The highest BCUT2D eigenvalue weighted by Crippen LogP contribution is 2.34. The molecular weight excluding hydrogens is 383 g/mol. The molecule has 1 fully saturated rings. The Morgan fingerprint density at radius 1 is 1.14 bits per heavy atom. The Balaban J connectivity index is 1.50. The van der Waals surface area contributed by atoms with E-state index in [1.807, 2.05) is 31.2 Å². The van der Waals surface area contributed by atoms with Crippen molar-refractivity contribution in [2.45, 2.75) is 32.0 Å². The topological polar surface area (TPSA) is 59.2 Å². The van der Waals surface area contributed by atoms with Crippen LogP contribution in [0.5, 0.6) is 0 Å². The van der Waals surface area contributed by atoms with Crippen LogP contribution in [0.15, 0.2) is 53.1 Å². The number of likely N-dealkylation sites (tertiary alicyclic amines) is 1. The van der Waals surface area contributed by atoms with Crippen molar-refractivity contribution in [3.05, 3.63) is 71.1 Å². The van der Waals surface area contributed by atoms with Crippen LogP contribution in [0.1, 0.15) is 34.9 Å². The number of rotatable bonds is 4. The van der Waals surface area contributed by atoms with E-state index in [0.717, 1.165) is 17.2 Å². The van der Waals surface area contributed by atoms with E-state index < -0.39 is 11.7 Å². The molecule has 1 unspecified atom stereocenters. The van der Waals surface area contributed by atoms with Crippen LogP contribution < -0.4 is 0 Å². The summed E-state index contributed by atoms with van der Waals surface area (Å²) in [5.41, 5.74) is 1.25. The Kier molecular flexibility index (Phi) is 4.86. The van der Waals surface area contributed by atoms with Gasteiger partial charge in [-0.25, -0.2) is 0 Å². The van der Waals surface area contributed by atoms with Crippen molar-refractivity contribution in [2.75, 3.05) is 6.54 Å². The van der Waals surface area contributed by atoms with Gasteiger partial charge in [-0.1, -0.05) is 53.2 Å². The SMILES string of the molecule is Cc1ccc(-c2noc(C3CC(=O)N(Cc4ccccc4C(F)(F)F)C3)n2)cc1. The molecule has 5 nitrogen and oxygen atoms in total. The molecule has 150 valence electrons. The number of alkyl halides is 3. The molecule has 0 saturated carbocycles. The Morgan fingerprint density at radius 2 is 1.86 bits per heavy atom. The fraction of sp³-hybridized carbons (Fsp3) is 0.286. The predicted octanol–water partition coefficient (Wildman–Crippen LogP) is 4.58. The van der Waals surface area contributed by atoms with E-state index in [9.17, 15) is 18.0 Å². The Hall–Kier alpha value is -3.16. The Bertz CT molecular complexity index is 1030. The van der Waals surface area contributed by atoms with Gasteiger partial charge in [0.05, 0.1) is 11.5 Å². The van der Waals surface area contributed by atoms with E-state index in [-0.39, 0.29) is 36.9 Å². The number of aromatic nitrogens is 2. The van der Waals surface area contributed by atoms with Gasteiger partial charge in [0.15, 0.2) is 0 Å². The van der Waals surface area contributed by atoms with Crippen LogP contribution >= 0.6 is 0 Å². The van der Waals surface area contributed by atoms with E-state index in [1.54, 1.807) is 0 Å². The van der Waals surface area contributed by atoms with Crippen molar-refractivity contribution < 1.29 is 22.5 Å². The molecule has 1 amide bonds. The molecule has 1 aliphatic heterocycles. The van der Waals surface area contributed by atoms with Gasteiger partial charge in [-0.05, 0) is 18.6 Å². The lowest BCUT2D eigenvalue weighted by Gasteiger charge is -2.19. The van der Waals surface area contributed by atoms with Gasteiger partial charge in [-0.2, -0.15) is 18.2 Å². The molecular formula is C21H18F3N3O2. The Labute approximate surface area is 165 Å². The van der Waals surface area contributed by atoms with Crippen LogP contribution in [0.4, 0.5) is 13.2 Å². The lowest BCUT2D eigenvalue weighted by atomic mass is 10.1. The fourth-order valence-corrected chi connectivity index (χ4v) is 3.45. The highest BCUT2D eigenvalue weighted by Gasteiger charge is 2.37. The second-order valence-corrected chi connectivity index (χ2v) is 7.15. The molecule has 4 rings (SSSR count). The third-order valence-corrected chi connectivity index (χ3v) is 5.00. The van der Waals surface area contributed by atoms with Gasteiger partial charge in [-0.3, -0.25) is 4.79 Å². The van der Waals surface area contributed by atoms with Crippen molar-refractivity contribution >= 4 is 5.91 Å². The molecule has 3 aromatic rings. The zero-order valence-electron chi connectivity index (χ0n) is 15.6. The van der Waals surface area contributed by atoms with Crippen molar-refractivity contribution in [3.63, 3.8) is 0 Å². The summed E-state index contributed by atoms with van der Waals surface area (Å²) in [6.07, 6.45) is -4.34. The van der Waals surface area contributed by atoms with Gasteiger partial charge >= 0.3 is 6.18 Å². The quantitative estimate of drug-likeness (QED) is 0.642. The molecule has 0 spiro atoms. The molecule has 1 atom stereocenters. The summed E-state index contributed by atoms with van der Waals surface area (Å²) in [6.45, 7) is 2.10. The number of carbonyl (C=O) groups excluding carboxylic acids is 1. The second kappa shape index (κ2) is 7.35. The fourth-order valence-electron chi connectivity index (χ4n) is 3.45. The number of amides is 1. The number of halogens is 3. The second-order valence-electron chi connectivity index (χ2n) is 7.15. The molecule has 8 heteroatoms. The zero-order valence-corrected chi connectivity index (χ0v) is 15.6. The maximum Gasteiger partial charge on any atom is 0.416 e. The Morgan fingerprint density at radius 3 is 2.59 bits per heavy atom.